The molecule has 116 valence electrons. The maximum absolute atomic E-state index is 12.7. The van der Waals surface area contributed by atoms with Gasteiger partial charge in [-0.05, 0) is 45.2 Å². The number of nitrogens with one attached hydrogen (secondary N) is 1. The summed E-state index contributed by atoms with van der Waals surface area (Å²) in [6.45, 7) is 9.37. The third kappa shape index (κ3) is 2.53. The molecule has 1 aliphatic rings. The molecule has 0 spiro atoms. The van der Waals surface area contributed by atoms with Crippen molar-refractivity contribution in [1.29, 1.82) is 0 Å². The Kier molecular flexibility index (Phi) is 4.26. The van der Waals surface area contributed by atoms with Crippen molar-refractivity contribution in [3.63, 3.8) is 0 Å². The van der Waals surface area contributed by atoms with Crippen molar-refractivity contribution >= 4 is 17.0 Å². The van der Waals surface area contributed by atoms with E-state index >= 15 is 0 Å². The van der Waals surface area contributed by atoms with Gasteiger partial charge in [-0.25, -0.2) is 13.7 Å². The van der Waals surface area contributed by atoms with E-state index in [1.807, 2.05) is 58.9 Å². The number of ether oxygens (including phenoxy) is 1. The molecule has 21 heavy (non-hydrogen) atoms. The predicted octanol–water partition coefficient (Wildman–Crippen LogP) is 2.75. The summed E-state index contributed by atoms with van der Waals surface area (Å²) < 4.78 is 20.5. The highest BCUT2D eigenvalue weighted by Crippen LogP contribution is 2.42. The van der Waals surface area contributed by atoms with Crippen LogP contribution in [0.15, 0.2) is 24.3 Å². The van der Waals surface area contributed by atoms with Gasteiger partial charge in [-0.1, -0.05) is 31.2 Å². The molecular weight excluding hydrogens is 286 g/mol. The minimum absolute atomic E-state index is 0.210. The van der Waals surface area contributed by atoms with E-state index in [-0.39, 0.29) is 12.1 Å². The number of fused-ring (bicyclic) bond motifs is 1. The first-order chi connectivity index (χ1) is 9.75. The monoisotopic (exact) mass is 309 g/mol. The van der Waals surface area contributed by atoms with Crippen LogP contribution in [0.1, 0.15) is 52.2 Å². The van der Waals surface area contributed by atoms with Crippen LogP contribution in [0.3, 0.4) is 0 Å². The molecular formula is C16H23NO3S. The molecule has 4 nitrogen and oxygen atoms in total. The summed E-state index contributed by atoms with van der Waals surface area (Å²) in [5.41, 5.74) is 0.758. The number of benzene rings is 1. The fourth-order valence-corrected chi connectivity index (χ4v) is 3.98. The molecule has 1 heterocycles. The Morgan fingerprint density at radius 2 is 1.86 bits per heavy atom. The zero-order valence-corrected chi connectivity index (χ0v) is 14.0. The Bertz CT molecular complexity index is 583. The van der Waals surface area contributed by atoms with Crippen LogP contribution in [0, 0.1) is 0 Å². The first-order valence-corrected chi connectivity index (χ1v) is 8.41. The van der Waals surface area contributed by atoms with E-state index in [9.17, 15) is 9.00 Å². The summed E-state index contributed by atoms with van der Waals surface area (Å²) in [7, 11) is -1.37. The fraction of sp³-hybridized carbons (Fsp3) is 0.562. The Labute approximate surface area is 128 Å². The van der Waals surface area contributed by atoms with Gasteiger partial charge in [0, 0.05) is 0 Å². The highest BCUT2D eigenvalue weighted by atomic mass is 32.2. The zero-order valence-electron chi connectivity index (χ0n) is 13.2. The Hall–Kier alpha value is -1.20. The highest BCUT2D eigenvalue weighted by Gasteiger charge is 2.51. The van der Waals surface area contributed by atoms with Gasteiger partial charge in [0.2, 0.25) is 0 Å². The van der Waals surface area contributed by atoms with Crippen molar-refractivity contribution in [2.24, 2.45) is 0 Å². The SMILES string of the molecule is CCC1(C(=O)OC(C)C)NS(=O)C(C)(C)c2ccccc21. The van der Waals surface area contributed by atoms with E-state index in [0.29, 0.717) is 6.42 Å². The van der Waals surface area contributed by atoms with E-state index in [1.165, 1.54) is 0 Å². The number of esters is 1. The van der Waals surface area contributed by atoms with Crippen LogP contribution in [0.4, 0.5) is 0 Å². The average Bonchev–Trinajstić information content (AvgIpc) is 2.42. The molecule has 1 aromatic rings. The zero-order chi connectivity index (χ0) is 15.8. The molecule has 1 N–H and O–H groups in total. The fourth-order valence-electron chi connectivity index (χ4n) is 2.69. The molecule has 0 bridgehead atoms. The van der Waals surface area contributed by atoms with Gasteiger partial charge < -0.3 is 4.74 Å². The van der Waals surface area contributed by atoms with Gasteiger partial charge in [0.15, 0.2) is 5.54 Å². The van der Waals surface area contributed by atoms with Crippen molar-refractivity contribution in [1.82, 2.24) is 4.72 Å². The molecule has 2 unspecified atom stereocenters. The van der Waals surface area contributed by atoms with Crippen LogP contribution in [0.5, 0.6) is 0 Å². The van der Waals surface area contributed by atoms with Gasteiger partial charge in [0.25, 0.3) is 0 Å². The van der Waals surface area contributed by atoms with Gasteiger partial charge in [-0.2, -0.15) is 0 Å². The topological polar surface area (TPSA) is 55.4 Å². The summed E-state index contributed by atoms with van der Waals surface area (Å²) >= 11 is 0. The quantitative estimate of drug-likeness (QED) is 0.874. The Morgan fingerprint density at radius 3 is 2.38 bits per heavy atom. The third-order valence-corrected chi connectivity index (χ3v) is 5.67. The molecule has 0 amide bonds. The summed E-state index contributed by atoms with van der Waals surface area (Å²) in [6, 6.07) is 7.68. The first kappa shape index (κ1) is 16.2. The highest BCUT2D eigenvalue weighted by molar-refractivity contribution is 7.84. The van der Waals surface area contributed by atoms with E-state index < -0.39 is 21.3 Å². The maximum Gasteiger partial charge on any atom is 0.332 e. The van der Waals surface area contributed by atoms with Crippen molar-refractivity contribution in [3.8, 4) is 0 Å². The van der Waals surface area contributed by atoms with Crippen LogP contribution in [-0.4, -0.2) is 16.3 Å². The minimum Gasteiger partial charge on any atom is -0.461 e. The van der Waals surface area contributed by atoms with Crippen LogP contribution < -0.4 is 4.72 Å². The lowest BCUT2D eigenvalue weighted by Gasteiger charge is -2.43. The lowest BCUT2D eigenvalue weighted by molar-refractivity contribution is -0.155. The largest absolute Gasteiger partial charge is 0.461 e. The van der Waals surface area contributed by atoms with E-state index in [0.717, 1.165) is 11.1 Å². The number of hydrogen-bond donors (Lipinski definition) is 1. The number of hydrogen-bond acceptors (Lipinski definition) is 3. The minimum atomic E-state index is -1.37. The van der Waals surface area contributed by atoms with Gasteiger partial charge in [-0.3, -0.25) is 0 Å². The molecule has 0 fully saturated rings. The Balaban J connectivity index is 2.63. The van der Waals surface area contributed by atoms with Crippen molar-refractivity contribution in [2.75, 3.05) is 0 Å². The second kappa shape index (κ2) is 5.54. The molecule has 2 atom stereocenters. The molecule has 2 rings (SSSR count). The smallest absolute Gasteiger partial charge is 0.332 e. The van der Waals surface area contributed by atoms with Crippen LogP contribution in [-0.2, 0) is 30.8 Å². The van der Waals surface area contributed by atoms with E-state index in [1.54, 1.807) is 0 Å². The third-order valence-electron chi connectivity index (χ3n) is 3.99. The van der Waals surface area contributed by atoms with Gasteiger partial charge in [0.1, 0.15) is 11.0 Å². The maximum atomic E-state index is 12.7. The standard InChI is InChI=1S/C16H23NO3S/c1-6-16(14(18)20-11(2)3)13-10-8-7-9-12(13)15(4,5)21(19)17-16/h7-11,17H,6H2,1-5H3. The number of rotatable bonds is 3. The van der Waals surface area contributed by atoms with Crippen molar-refractivity contribution in [2.45, 2.75) is 57.4 Å². The second-order valence-corrected chi connectivity index (χ2v) is 7.90. The second-order valence-electron chi connectivity index (χ2n) is 6.14. The summed E-state index contributed by atoms with van der Waals surface area (Å²) in [5, 5.41) is 0. The van der Waals surface area contributed by atoms with Gasteiger partial charge in [0.05, 0.1) is 10.9 Å². The van der Waals surface area contributed by atoms with Crippen LogP contribution in [0.25, 0.3) is 0 Å². The number of carbonyl (C=O) groups excluding carboxylic acids is 1. The molecule has 1 aliphatic heterocycles. The van der Waals surface area contributed by atoms with E-state index in [4.69, 9.17) is 4.74 Å². The first-order valence-electron chi connectivity index (χ1n) is 7.26. The van der Waals surface area contributed by atoms with Crippen LogP contribution in [0.2, 0.25) is 0 Å². The van der Waals surface area contributed by atoms with Crippen LogP contribution >= 0.6 is 0 Å². The summed E-state index contributed by atoms with van der Waals surface area (Å²) in [5.74, 6) is -0.365. The summed E-state index contributed by atoms with van der Waals surface area (Å²) in [4.78, 5) is 12.7. The Morgan fingerprint density at radius 1 is 1.29 bits per heavy atom. The van der Waals surface area contributed by atoms with Gasteiger partial charge in [-0.15, -0.1) is 0 Å². The molecule has 1 aromatic carbocycles. The molecule has 0 aromatic heterocycles. The van der Waals surface area contributed by atoms with Crippen molar-refractivity contribution in [3.05, 3.63) is 35.4 Å². The molecule has 0 saturated heterocycles. The number of carbonyl (C=O) groups is 1. The lowest BCUT2D eigenvalue weighted by Crippen LogP contribution is -2.58. The van der Waals surface area contributed by atoms with Crippen molar-refractivity contribution < 1.29 is 13.7 Å². The van der Waals surface area contributed by atoms with Gasteiger partial charge >= 0.3 is 5.97 Å². The summed E-state index contributed by atoms with van der Waals surface area (Å²) in [6.07, 6.45) is 0.274. The molecule has 0 aliphatic carbocycles. The van der Waals surface area contributed by atoms with E-state index in [2.05, 4.69) is 4.72 Å². The average molecular weight is 309 g/mol. The molecule has 0 saturated carbocycles. The lowest BCUT2D eigenvalue weighted by atomic mass is 9.81. The molecule has 0 radical (unpaired) electrons. The normalized spacial score (nSPS) is 27.2. The molecule has 5 heteroatoms. The predicted molar refractivity (Wildman–Crippen MR) is 83.9 cm³/mol.